The molecule has 0 fully saturated rings. The Morgan fingerprint density at radius 2 is 1.80 bits per heavy atom. The van der Waals surface area contributed by atoms with Crippen LogP contribution in [0.5, 0.6) is 0 Å². The Kier molecular flexibility index (Phi) is 3.38. The second-order valence-electron chi connectivity index (χ2n) is 5.79. The molecule has 0 bridgehead atoms. The molecule has 1 aromatic heterocycles. The highest BCUT2D eigenvalue weighted by atomic mass is 19.4. The normalized spacial score (nSPS) is 12.6. The lowest BCUT2D eigenvalue weighted by atomic mass is 10.1. The zero-order valence-electron chi connectivity index (χ0n) is 12.8. The third-order valence-corrected chi connectivity index (χ3v) is 4.19. The quantitative estimate of drug-likeness (QED) is 0.574. The van der Waals surface area contributed by atoms with Gasteiger partial charge < -0.3 is 5.32 Å². The molecular formula is C18H12F3N3O. The summed E-state index contributed by atoms with van der Waals surface area (Å²) in [6.07, 6.45) is -4.16. The van der Waals surface area contributed by atoms with E-state index in [-0.39, 0.29) is 5.69 Å². The number of alkyl halides is 3. The fraction of sp³-hybridized carbons (Fsp3) is 0.111. The summed E-state index contributed by atoms with van der Waals surface area (Å²) >= 11 is 0. The van der Waals surface area contributed by atoms with Crippen molar-refractivity contribution in [3.05, 3.63) is 59.7 Å². The van der Waals surface area contributed by atoms with Crippen molar-refractivity contribution in [2.24, 2.45) is 0 Å². The van der Waals surface area contributed by atoms with Crippen molar-refractivity contribution in [3.63, 3.8) is 0 Å². The molecule has 1 aliphatic carbocycles. The lowest BCUT2D eigenvalue weighted by Crippen LogP contribution is -2.29. The van der Waals surface area contributed by atoms with Crippen molar-refractivity contribution >= 4 is 11.6 Å². The van der Waals surface area contributed by atoms with Gasteiger partial charge in [0.2, 0.25) is 0 Å². The number of halogens is 3. The fourth-order valence-corrected chi connectivity index (χ4v) is 3.02. The molecule has 4 nitrogen and oxygen atoms in total. The maximum absolute atomic E-state index is 12.3. The second-order valence-corrected chi connectivity index (χ2v) is 5.79. The van der Waals surface area contributed by atoms with Crippen LogP contribution in [0, 0.1) is 0 Å². The van der Waals surface area contributed by atoms with E-state index in [1.54, 1.807) is 12.1 Å². The van der Waals surface area contributed by atoms with Crippen LogP contribution in [-0.4, -0.2) is 22.3 Å². The first-order valence-corrected chi connectivity index (χ1v) is 7.57. The molecule has 0 unspecified atom stereocenters. The van der Waals surface area contributed by atoms with Gasteiger partial charge in [0.1, 0.15) is 0 Å². The zero-order valence-corrected chi connectivity index (χ0v) is 12.8. The first-order valence-electron chi connectivity index (χ1n) is 7.57. The molecule has 0 atom stereocenters. The first kappa shape index (κ1) is 15.4. The van der Waals surface area contributed by atoms with Gasteiger partial charge in [0.15, 0.2) is 0 Å². The van der Waals surface area contributed by atoms with Gasteiger partial charge in [0.25, 0.3) is 0 Å². The molecule has 0 spiro atoms. The predicted octanol–water partition coefficient (Wildman–Crippen LogP) is 4.15. The summed E-state index contributed by atoms with van der Waals surface area (Å²) in [4.78, 5) is 11.0. The summed E-state index contributed by atoms with van der Waals surface area (Å²) in [5.74, 6) is -1.99. The van der Waals surface area contributed by atoms with E-state index < -0.39 is 12.1 Å². The van der Waals surface area contributed by atoms with Gasteiger partial charge in [-0.2, -0.15) is 18.3 Å². The van der Waals surface area contributed by atoms with Crippen LogP contribution in [-0.2, 0) is 11.2 Å². The predicted molar refractivity (Wildman–Crippen MR) is 87.0 cm³/mol. The number of hydrogen-bond donors (Lipinski definition) is 2. The van der Waals surface area contributed by atoms with Crippen LogP contribution >= 0.6 is 0 Å². The number of aromatic nitrogens is 2. The van der Waals surface area contributed by atoms with Gasteiger partial charge in [-0.3, -0.25) is 9.89 Å². The summed E-state index contributed by atoms with van der Waals surface area (Å²) in [6, 6.07) is 14.2. The van der Waals surface area contributed by atoms with Gasteiger partial charge in [0, 0.05) is 28.8 Å². The molecule has 0 radical (unpaired) electrons. The topological polar surface area (TPSA) is 57.8 Å². The zero-order chi connectivity index (χ0) is 17.6. The Bertz CT molecular complexity index is 958. The van der Waals surface area contributed by atoms with Gasteiger partial charge in [0.05, 0.1) is 11.4 Å². The number of rotatable bonds is 2. The van der Waals surface area contributed by atoms with Gasteiger partial charge in [-0.1, -0.05) is 36.4 Å². The highest BCUT2D eigenvalue weighted by Gasteiger charge is 2.38. The van der Waals surface area contributed by atoms with E-state index >= 15 is 0 Å². The van der Waals surface area contributed by atoms with Crippen LogP contribution in [0.4, 0.5) is 18.9 Å². The van der Waals surface area contributed by atoms with Crippen molar-refractivity contribution in [2.45, 2.75) is 12.6 Å². The number of benzene rings is 2. The number of aromatic amines is 1. The maximum atomic E-state index is 12.3. The molecule has 0 saturated carbocycles. The number of nitrogens with one attached hydrogen (secondary N) is 2. The SMILES string of the molecule is O=C(Nc1ccc(-c2n[nH]c3c2Cc2ccccc2-3)cc1)C(F)(F)F. The molecule has 4 rings (SSSR count). The van der Waals surface area contributed by atoms with Crippen LogP contribution in [0.3, 0.4) is 0 Å². The molecule has 0 aliphatic heterocycles. The molecule has 0 saturated heterocycles. The Labute approximate surface area is 140 Å². The summed E-state index contributed by atoms with van der Waals surface area (Å²) in [5.41, 5.74) is 5.98. The summed E-state index contributed by atoms with van der Waals surface area (Å²) < 4.78 is 36.9. The summed E-state index contributed by atoms with van der Waals surface area (Å²) in [7, 11) is 0. The van der Waals surface area contributed by atoms with Gasteiger partial charge in [-0.25, -0.2) is 0 Å². The Morgan fingerprint density at radius 3 is 2.52 bits per heavy atom. The lowest BCUT2D eigenvalue weighted by Gasteiger charge is -2.08. The van der Waals surface area contributed by atoms with Crippen LogP contribution in [0.25, 0.3) is 22.5 Å². The summed E-state index contributed by atoms with van der Waals surface area (Å²) in [6.45, 7) is 0. The minimum atomic E-state index is -4.91. The average Bonchev–Trinajstić information content (AvgIpc) is 3.14. The number of H-pyrrole nitrogens is 1. The molecule has 1 heterocycles. The van der Waals surface area contributed by atoms with E-state index in [2.05, 4.69) is 16.3 Å². The molecule has 7 heteroatoms. The van der Waals surface area contributed by atoms with Gasteiger partial charge in [-0.15, -0.1) is 0 Å². The average molecular weight is 343 g/mol. The van der Waals surface area contributed by atoms with E-state index in [4.69, 9.17) is 0 Å². The standard InChI is InChI=1S/C18H12F3N3O/c19-18(20,21)17(25)22-12-7-5-10(6-8-12)15-14-9-11-3-1-2-4-13(11)16(14)24-23-15/h1-8H,9H2,(H,22,25)(H,23,24). The number of carbonyl (C=O) groups is 1. The lowest BCUT2D eigenvalue weighted by molar-refractivity contribution is -0.167. The second kappa shape index (κ2) is 5.47. The van der Waals surface area contributed by atoms with E-state index in [1.807, 2.05) is 23.5 Å². The van der Waals surface area contributed by atoms with E-state index in [1.165, 1.54) is 17.7 Å². The van der Waals surface area contributed by atoms with Crippen LogP contribution in [0.15, 0.2) is 48.5 Å². The minimum Gasteiger partial charge on any atom is -0.318 e. The molecule has 1 aliphatic rings. The van der Waals surface area contributed by atoms with Gasteiger partial charge >= 0.3 is 12.1 Å². The van der Waals surface area contributed by atoms with E-state index in [9.17, 15) is 18.0 Å². The highest BCUT2D eigenvalue weighted by molar-refractivity contribution is 5.95. The van der Waals surface area contributed by atoms with E-state index in [0.29, 0.717) is 0 Å². The molecule has 1 amide bonds. The van der Waals surface area contributed by atoms with Crippen molar-refractivity contribution < 1.29 is 18.0 Å². The molecule has 2 N–H and O–H groups in total. The molecular weight excluding hydrogens is 331 g/mol. The Hall–Kier alpha value is -3.09. The number of amides is 1. The van der Waals surface area contributed by atoms with Crippen molar-refractivity contribution in [1.29, 1.82) is 0 Å². The highest BCUT2D eigenvalue weighted by Crippen LogP contribution is 2.39. The molecule has 2 aromatic carbocycles. The van der Waals surface area contributed by atoms with Crippen LogP contribution in [0.2, 0.25) is 0 Å². The van der Waals surface area contributed by atoms with Crippen LogP contribution in [0.1, 0.15) is 11.1 Å². The molecule has 25 heavy (non-hydrogen) atoms. The Balaban J connectivity index is 1.61. The molecule has 126 valence electrons. The van der Waals surface area contributed by atoms with Crippen LogP contribution < -0.4 is 5.32 Å². The number of anilines is 1. The third-order valence-electron chi connectivity index (χ3n) is 4.19. The Morgan fingerprint density at radius 1 is 1.08 bits per heavy atom. The number of fused-ring (bicyclic) bond motifs is 3. The van der Waals surface area contributed by atoms with Gasteiger partial charge in [-0.05, 0) is 17.7 Å². The monoisotopic (exact) mass is 343 g/mol. The van der Waals surface area contributed by atoms with Crippen molar-refractivity contribution in [2.75, 3.05) is 5.32 Å². The number of carbonyl (C=O) groups excluding carboxylic acids is 1. The van der Waals surface area contributed by atoms with Crippen molar-refractivity contribution in [3.8, 4) is 22.5 Å². The van der Waals surface area contributed by atoms with Crippen molar-refractivity contribution in [1.82, 2.24) is 10.2 Å². The smallest absolute Gasteiger partial charge is 0.318 e. The van der Waals surface area contributed by atoms with E-state index in [0.717, 1.165) is 34.5 Å². The molecule has 3 aromatic rings. The third kappa shape index (κ3) is 2.67. The maximum Gasteiger partial charge on any atom is 0.471 e. The number of hydrogen-bond acceptors (Lipinski definition) is 2. The minimum absolute atomic E-state index is 0.0848. The largest absolute Gasteiger partial charge is 0.471 e. The fourth-order valence-electron chi connectivity index (χ4n) is 3.02. The number of nitrogens with zero attached hydrogens (tertiary/aromatic N) is 1. The summed E-state index contributed by atoms with van der Waals surface area (Å²) in [5, 5.41) is 9.21. The first-order chi connectivity index (χ1) is 11.9.